The Morgan fingerprint density at radius 3 is 2.97 bits per heavy atom. The fourth-order valence-electron chi connectivity index (χ4n) is 3.37. The van der Waals surface area contributed by atoms with Gasteiger partial charge in [0.05, 0.1) is 17.0 Å². The molecule has 0 saturated heterocycles. The SMILES string of the molecule is Cc1ccc(-n2nnnc2SCC(=O)Nc2sc3c(c2C#N)CCC(C)C3)cc1. The zero-order chi connectivity index (χ0) is 20.4. The van der Waals surface area contributed by atoms with Crippen LogP contribution in [0.2, 0.25) is 0 Å². The number of nitrogens with one attached hydrogen (secondary N) is 1. The summed E-state index contributed by atoms with van der Waals surface area (Å²) in [6, 6.07) is 10.1. The molecule has 0 saturated carbocycles. The molecule has 3 aromatic rings. The van der Waals surface area contributed by atoms with Gasteiger partial charge in [0.25, 0.3) is 0 Å². The van der Waals surface area contributed by atoms with Crippen molar-refractivity contribution in [2.45, 2.75) is 38.3 Å². The maximum Gasteiger partial charge on any atom is 0.235 e. The van der Waals surface area contributed by atoms with Gasteiger partial charge >= 0.3 is 0 Å². The van der Waals surface area contributed by atoms with E-state index >= 15 is 0 Å². The van der Waals surface area contributed by atoms with E-state index in [2.05, 4.69) is 33.8 Å². The Labute approximate surface area is 177 Å². The number of amides is 1. The molecule has 1 atom stereocenters. The number of tetrazole rings is 1. The van der Waals surface area contributed by atoms with Crippen molar-refractivity contribution in [1.82, 2.24) is 20.2 Å². The molecule has 29 heavy (non-hydrogen) atoms. The number of fused-ring (bicyclic) bond motifs is 1. The van der Waals surface area contributed by atoms with Crippen molar-refractivity contribution in [1.29, 1.82) is 5.26 Å². The van der Waals surface area contributed by atoms with E-state index in [0.29, 0.717) is 21.6 Å². The quantitative estimate of drug-likeness (QED) is 0.627. The van der Waals surface area contributed by atoms with Gasteiger partial charge in [0.1, 0.15) is 11.1 Å². The van der Waals surface area contributed by atoms with Crippen LogP contribution in [0.4, 0.5) is 5.00 Å². The Morgan fingerprint density at radius 1 is 1.41 bits per heavy atom. The fourth-order valence-corrected chi connectivity index (χ4v) is 5.44. The van der Waals surface area contributed by atoms with Gasteiger partial charge in [-0.2, -0.15) is 9.94 Å². The number of nitriles is 1. The number of hydrogen-bond donors (Lipinski definition) is 1. The van der Waals surface area contributed by atoms with Crippen LogP contribution < -0.4 is 5.32 Å². The van der Waals surface area contributed by atoms with E-state index in [4.69, 9.17) is 0 Å². The molecule has 0 radical (unpaired) electrons. The third-order valence-corrected chi connectivity index (χ3v) is 7.02. The lowest BCUT2D eigenvalue weighted by molar-refractivity contribution is -0.113. The van der Waals surface area contributed by atoms with Crippen LogP contribution in [0.3, 0.4) is 0 Å². The Bertz CT molecular complexity index is 1080. The van der Waals surface area contributed by atoms with Crippen molar-refractivity contribution in [2.24, 2.45) is 5.92 Å². The maximum absolute atomic E-state index is 12.5. The molecule has 9 heteroatoms. The van der Waals surface area contributed by atoms with Crippen LogP contribution in [-0.2, 0) is 17.6 Å². The number of carbonyl (C=O) groups excluding carboxylic acids is 1. The van der Waals surface area contributed by atoms with Gasteiger partial charge in [0, 0.05) is 4.88 Å². The smallest absolute Gasteiger partial charge is 0.235 e. The molecular formula is C20H20N6OS2. The third kappa shape index (κ3) is 4.18. The number of anilines is 1. The monoisotopic (exact) mass is 424 g/mol. The molecule has 1 aliphatic carbocycles. The number of thiophene rings is 1. The lowest BCUT2D eigenvalue weighted by Gasteiger charge is -2.17. The average Bonchev–Trinajstić information content (AvgIpc) is 3.30. The van der Waals surface area contributed by atoms with Crippen LogP contribution >= 0.6 is 23.1 Å². The van der Waals surface area contributed by atoms with Gasteiger partial charge < -0.3 is 5.32 Å². The average molecular weight is 425 g/mol. The first-order chi connectivity index (χ1) is 14.0. The highest BCUT2D eigenvalue weighted by Gasteiger charge is 2.24. The first kappa shape index (κ1) is 19.6. The van der Waals surface area contributed by atoms with Crippen LogP contribution in [-0.4, -0.2) is 31.9 Å². The standard InChI is InChI=1S/C20H20N6OS2/c1-12-3-6-14(7-4-12)26-20(23-24-25-26)28-11-18(27)22-19-16(10-21)15-8-5-13(2)9-17(15)29-19/h3-4,6-7,13H,5,8-9,11H2,1-2H3,(H,22,27). The number of carbonyl (C=O) groups is 1. The number of nitrogens with zero attached hydrogens (tertiary/aromatic N) is 5. The summed E-state index contributed by atoms with van der Waals surface area (Å²) in [5.74, 6) is 0.611. The molecule has 7 nitrogen and oxygen atoms in total. The van der Waals surface area contributed by atoms with Crippen molar-refractivity contribution in [3.05, 3.63) is 45.8 Å². The Morgan fingerprint density at radius 2 is 2.21 bits per heavy atom. The van der Waals surface area contributed by atoms with Crippen molar-refractivity contribution in [3.8, 4) is 11.8 Å². The summed E-state index contributed by atoms with van der Waals surface area (Å²) >= 11 is 2.80. The summed E-state index contributed by atoms with van der Waals surface area (Å²) < 4.78 is 1.61. The summed E-state index contributed by atoms with van der Waals surface area (Å²) in [5, 5.41) is 25.5. The molecule has 0 fully saturated rings. The molecule has 1 amide bonds. The zero-order valence-electron chi connectivity index (χ0n) is 16.2. The van der Waals surface area contributed by atoms with E-state index in [1.54, 1.807) is 4.68 Å². The van der Waals surface area contributed by atoms with Gasteiger partial charge in [-0.15, -0.1) is 16.4 Å². The molecule has 0 spiro atoms. The Kier molecular flexibility index (Phi) is 5.65. The van der Waals surface area contributed by atoms with Gasteiger partial charge in [-0.05, 0) is 60.2 Å². The van der Waals surface area contributed by atoms with Crippen molar-refractivity contribution in [2.75, 3.05) is 11.1 Å². The molecular weight excluding hydrogens is 404 g/mol. The highest BCUT2D eigenvalue weighted by molar-refractivity contribution is 7.99. The second kappa shape index (κ2) is 8.35. The number of benzene rings is 1. The minimum Gasteiger partial charge on any atom is -0.316 e. The summed E-state index contributed by atoms with van der Waals surface area (Å²) in [6.45, 7) is 4.24. The van der Waals surface area contributed by atoms with Crippen molar-refractivity contribution >= 4 is 34.0 Å². The molecule has 1 unspecified atom stereocenters. The fraction of sp³-hybridized carbons (Fsp3) is 0.350. The molecule has 1 aromatic carbocycles. The number of thioether (sulfide) groups is 1. The highest BCUT2D eigenvalue weighted by Crippen LogP contribution is 2.39. The van der Waals surface area contributed by atoms with Crippen molar-refractivity contribution in [3.63, 3.8) is 0 Å². The van der Waals surface area contributed by atoms with Crippen LogP contribution in [0.5, 0.6) is 0 Å². The highest BCUT2D eigenvalue weighted by atomic mass is 32.2. The predicted octanol–water partition coefficient (Wildman–Crippen LogP) is 3.76. The summed E-state index contributed by atoms with van der Waals surface area (Å²) in [4.78, 5) is 13.8. The number of rotatable bonds is 5. The molecule has 148 valence electrons. The van der Waals surface area contributed by atoms with Crippen LogP contribution in [0, 0.1) is 24.2 Å². The second-order valence-corrected chi connectivity index (χ2v) is 9.26. The molecule has 2 heterocycles. The largest absolute Gasteiger partial charge is 0.316 e. The zero-order valence-corrected chi connectivity index (χ0v) is 17.8. The van der Waals surface area contributed by atoms with Crippen LogP contribution in [0.15, 0.2) is 29.4 Å². The first-order valence-corrected chi connectivity index (χ1v) is 11.2. The van der Waals surface area contributed by atoms with Gasteiger partial charge in [0.2, 0.25) is 11.1 Å². The van der Waals surface area contributed by atoms with E-state index in [-0.39, 0.29) is 11.7 Å². The second-order valence-electron chi connectivity index (χ2n) is 7.21. The van der Waals surface area contributed by atoms with E-state index in [1.807, 2.05) is 31.2 Å². The lowest BCUT2D eigenvalue weighted by Crippen LogP contribution is -2.14. The summed E-state index contributed by atoms with van der Waals surface area (Å²) in [6.07, 6.45) is 2.97. The first-order valence-electron chi connectivity index (χ1n) is 9.38. The van der Waals surface area contributed by atoms with Gasteiger partial charge in [0.15, 0.2) is 0 Å². The number of aromatic nitrogens is 4. The number of aryl methyl sites for hydroxylation is 1. The van der Waals surface area contributed by atoms with E-state index in [0.717, 1.165) is 36.1 Å². The van der Waals surface area contributed by atoms with Crippen LogP contribution in [0.1, 0.15) is 34.9 Å². The Hall–Kier alpha value is -2.70. The molecule has 1 N–H and O–H groups in total. The lowest BCUT2D eigenvalue weighted by atomic mass is 9.89. The topological polar surface area (TPSA) is 96.5 Å². The molecule has 0 bridgehead atoms. The normalized spacial score (nSPS) is 15.6. The predicted molar refractivity (Wildman–Crippen MR) is 113 cm³/mol. The molecule has 2 aromatic heterocycles. The minimum absolute atomic E-state index is 0.163. The minimum atomic E-state index is -0.170. The van der Waals surface area contributed by atoms with E-state index in [9.17, 15) is 10.1 Å². The number of hydrogen-bond acceptors (Lipinski definition) is 7. The molecule has 4 rings (SSSR count). The van der Waals surface area contributed by atoms with Gasteiger partial charge in [-0.3, -0.25) is 4.79 Å². The third-order valence-electron chi connectivity index (χ3n) is 4.93. The Balaban J connectivity index is 1.44. The van der Waals surface area contributed by atoms with Gasteiger partial charge in [-0.1, -0.05) is 36.4 Å². The van der Waals surface area contributed by atoms with Crippen molar-refractivity contribution < 1.29 is 4.79 Å². The van der Waals surface area contributed by atoms with E-state index < -0.39 is 0 Å². The molecule has 0 aliphatic heterocycles. The van der Waals surface area contributed by atoms with Crippen LogP contribution in [0.25, 0.3) is 5.69 Å². The molecule has 1 aliphatic rings. The summed E-state index contributed by atoms with van der Waals surface area (Å²) in [7, 11) is 0. The maximum atomic E-state index is 12.5. The van der Waals surface area contributed by atoms with Gasteiger partial charge in [-0.25, -0.2) is 0 Å². The van der Waals surface area contributed by atoms with E-state index in [1.165, 1.54) is 28.0 Å². The summed E-state index contributed by atoms with van der Waals surface area (Å²) in [5.41, 5.74) is 3.73.